The first-order valence-corrected chi connectivity index (χ1v) is 4.96. The number of hydrazine groups is 1. The fraction of sp³-hybridized carbons (Fsp3) is 1.00. The lowest BCUT2D eigenvalue weighted by Crippen LogP contribution is -2.43. The van der Waals surface area contributed by atoms with Gasteiger partial charge in [-0.15, -0.1) is 0 Å². The van der Waals surface area contributed by atoms with Gasteiger partial charge in [0.15, 0.2) is 0 Å². The Hall–Kier alpha value is -0.120. The quantitative estimate of drug-likeness (QED) is 0.486. The van der Waals surface area contributed by atoms with Gasteiger partial charge in [-0.2, -0.15) is 0 Å². The molecule has 4 atom stereocenters. The molecular weight excluding hydrogens is 152 g/mol. The van der Waals surface area contributed by atoms with E-state index >= 15 is 0 Å². The zero-order chi connectivity index (χ0) is 8.55. The number of nitrogens with one attached hydrogen (secondary N) is 1. The van der Waals surface area contributed by atoms with Crippen LogP contribution in [0.1, 0.15) is 32.6 Å². The molecular formula is C9H18N2O. The maximum atomic E-state index is 5.77. The minimum atomic E-state index is 0.459. The molecule has 3 N–H and O–H groups in total. The summed E-state index contributed by atoms with van der Waals surface area (Å²) in [5.41, 5.74) is 2.90. The predicted molar refractivity (Wildman–Crippen MR) is 47.4 cm³/mol. The highest BCUT2D eigenvalue weighted by Gasteiger charge is 2.43. The number of rotatable bonds is 3. The largest absolute Gasteiger partial charge is 0.375 e. The van der Waals surface area contributed by atoms with Crippen molar-refractivity contribution in [1.29, 1.82) is 0 Å². The molecule has 2 bridgehead atoms. The summed E-state index contributed by atoms with van der Waals surface area (Å²) in [7, 11) is 0. The summed E-state index contributed by atoms with van der Waals surface area (Å²) in [5, 5.41) is 0. The van der Waals surface area contributed by atoms with Gasteiger partial charge in [0.1, 0.15) is 0 Å². The van der Waals surface area contributed by atoms with Gasteiger partial charge in [0.2, 0.25) is 0 Å². The van der Waals surface area contributed by atoms with Gasteiger partial charge in [-0.1, -0.05) is 6.92 Å². The van der Waals surface area contributed by atoms with Gasteiger partial charge < -0.3 is 4.74 Å². The first-order chi connectivity index (χ1) is 5.85. The molecule has 0 aromatic heterocycles. The Balaban J connectivity index is 1.96. The lowest BCUT2D eigenvalue weighted by molar-refractivity contribution is 0.0854. The molecule has 2 aliphatic heterocycles. The molecule has 0 spiro atoms. The van der Waals surface area contributed by atoms with Gasteiger partial charge >= 0.3 is 0 Å². The van der Waals surface area contributed by atoms with E-state index in [-0.39, 0.29) is 0 Å². The molecule has 0 saturated carbocycles. The lowest BCUT2D eigenvalue weighted by Gasteiger charge is -2.26. The van der Waals surface area contributed by atoms with E-state index in [1.165, 1.54) is 19.3 Å². The molecule has 2 heterocycles. The second-order valence-electron chi connectivity index (χ2n) is 3.95. The average molecular weight is 170 g/mol. The molecule has 2 saturated heterocycles. The van der Waals surface area contributed by atoms with Crippen molar-refractivity contribution < 1.29 is 4.74 Å². The lowest BCUT2D eigenvalue weighted by atomic mass is 9.83. The van der Waals surface area contributed by atoms with Gasteiger partial charge in [-0.25, -0.2) is 0 Å². The van der Waals surface area contributed by atoms with Crippen LogP contribution in [-0.4, -0.2) is 18.2 Å². The maximum absolute atomic E-state index is 5.77. The average Bonchev–Trinajstić information content (AvgIpc) is 2.67. The van der Waals surface area contributed by atoms with Crippen molar-refractivity contribution in [3.8, 4) is 0 Å². The SMILES string of the molecule is CCC(NN)C1CC2CCC1O2. The van der Waals surface area contributed by atoms with Gasteiger partial charge in [0.25, 0.3) is 0 Å². The highest BCUT2D eigenvalue weighted by molar-refractivity contribution is 4.94. The van der Waals surface area contributed by atoms with Crippen LogP contribution in [0.3, 0.4) is 0 Å². The maximum Gasteiger partial charge on any atom is 0.0624 e. The topological polar surface area (TPSA) is 47.3 Å². The van der Waals surface area contributed by atoms with Crippen molar-refractivity contribution in [2.75, 3.05) is 0 Å². The summed E-state index contributed by atoms with van der Waals surface area (Å²) in [6, 6.07) is 0.459. The second-order valence-corrected chi connectivity index (χ2v) is 3.95. The van der Waals surface area contributed by atoms with Crippen molar-refractivity contribution in [3.63, 3.8) is 0 Å². The first kappa shape index (κ1) is 8.48. The molecule has 0 aliphatic carbocycles. The minimum Gasteiger partial charge on any atom is -0.375 e. The Labute approximate surface area is 73.6 Å². The van der Waals surface area contributed by atoms with Crippen molar-refractivity contribution in [2.24, 2.45) is 11.8 Å². The van der Waals surface area contributed by atoms with Crippen LogP contribution >= 0.6 is 0 Å². The van der Waals surface area contributed by atoms with Crippen molar-refractivity contribution >= 4 is 0 Å². The number of nitrogens with two attached hydrogens (primary N) is 1. The van der Waals surface area contributed by atoms with Crippen LogP contribution < -0.4 is 11.3 Å². The molecule has 2 fully saturated rings. The summed E-state index contributed by atoms with van der Waals surface area (Å²) in [6.07, 6.45) is 5.87. The Morgan fingerprint density at radius 1 is 1.58 bits per heavy atom. The van der Waals surface area contributed by atoms with Crippen LogP contribution in [0.2, 0.25) is 0 Å². The number of fused-ring (bicyclic) bond motifs is 2. The smallest absolute Gasteiger partial charge is 0.0624 e. The van der Waals surface area contributed by atoms with Crippen LogP contribution in [-0.2, 0) is 4.74 Å². The summed E-state index contributed by atoms with van der Waals surface area (Å²) in [6.45, 7) is 2.18. The van der Waals surface area contributed by atoms with E-state index in [9.17, 15) is 0 Å². The van der Waals surface area contributed by atoms with E-state index in [4.69, 9.17) is 10.6 Å². The Bertz CT molecular complexity index is 159. The first-order valence-electron chi connectivity index (χ1n) is 4.96. The zero-order valence-electron chi connectivity index (χ0n) is 7.62. The van der Waals surface area contributed by atoms with Crippen molar-refractivity contribution in [3.05, 3.63) is 0 Å². The second kappa shape index (κ2) is 3.32. The summed E-state index contributed by atoms with van der Waals surface area (Å²) in [5.74, 6) is 6.15. The molecule has 12 heavy (non-hydrogen) atoms. The third-order valence-corrected chi connectivity index (χ3v) is 3.32. The molecule has 0 radical (unpaired) electrons. The van der Waals surface area contributed by atoms with Gasteiger partial charge in [0.05, 0.1) is 12.2 Å². The van der Waals surface area contributed by atoms with E-state index < -0.39 is 0 Å². The summed E-state index contributed by atoms with van der Waals surface area (Å²) < 4.78 is 5.77. The van der Waals surface area contributed by atoms with Crippen LogP contribution in [0.5, 0.6) is 0 Å². The Morgan fingerprint density at radius 3 is 2.83 bits per heavy atom. The third kappa shape index (κ3) is 1.26. The minimum absolute atomic E-state index is 0.459. The molecule has 0 amide bonds. The Kier molecular flexibility index (Phi) is 2.35. The third-order valence-electron chi connectivity index (χ3n) is 3.32. The van der Waals surface area contributed by atoms with Gasteiger partial charge in [0, 0.05) is 12.0 Å². The monoisotopic (exact) mass is 170 g/mol. The van der Waals surface area contributed by atoms with Gasteiger partial charge in [-0.05, 0) is 25.7 Å². The fourth-order valence-corrected chi connectivity index (χ4v) is 2.64. The van der Waals surface area contributed by atoms with Gasteiger partial charge in [-0.3, -0.25) is 11.3 Å². The molecule has 2 rings (SSSR count). The highest BCUT2D eigenvalue weighted by Crippen LogP contribution is 2.40. The molecule has 2 aliphatic rings. The highest BCUT2D eigenvalue weighted by atomic mass is 16.5. The molecule has 3 heteroatoms. The zero-order valence-corrected chi connectivity index (χ0v) is 7.62. The Morgan fingerprint density at radius 2 is 2.42 bits per heavy atom. The number of ether oxygens (including phenoxy) is 1. The van der Waals surface area contributed by atoms with E-state index in [0.717, 1.165) is 6.42 Å². The summed E-state index contributed by atoms with van der Waals surface area (Å²) in [4.78, 5) is 0. The molecule has 3 nitrogen and oxygen atoms in total. The fourth-order valence-electron chi connectivity index (χ4n) is 2.64. The number of hydrogen-bond donors (Lipinski definition) is 2. The molecule has 70 valence electrons. The van der Waals surface area contributed by atoms with E-state index in [2.05, 4.69) is 12.3 Å². The van der Waals surface area contributed by atoms with Crippen molar-refractivity contribution in [1.82, 2.24) is 5.43 Å². The molecule has 0 aromatic rings. The predicted octanol–water partition coefficient (Wildman–Crippen LogP) is 0.796. The molecule has 0 aromatic carbocycles. The van der Waals surface area contributed by atoms with E-state index in [1.807, 2.05) is 0 Å². The normalized spacial score (nSPS) is 42.0. The van der Waals surface area contributed by atoms with E-state index in [0.29, 0.717) is 24.2 Å². The van der Waals surface area contributed by atoms with E-state index in [1.54, 1.807) is 0 Å². The van der Waals surface area contributed by atoms with Crippen LogP contribution in [0, 0.1) is 5.92 Å². The van der Waals surface area contributed by atoms with Crippen LogP contribution in [0.4, 0.5) is 0 Å². The summed E-state index contributed by atoms with van der Waals surface area (Å²) >= 11 is 0. The van der Waals surface area contributed by atoms with Crippen LogP contribution in [0.15, 0.2) is 0 Å². The number of hydrogen-bond acceptors (Lipinski definition) is 3. The molecule has 4 unspecified atom stereocenters. The van der Waals surface area contributed by atoms with Crippen LogP contribution in [0.25, 0.3) is 0 Å². The standard InChI is InChI=1S/C9H18N2O/c1-2-8(11-10)7-5-6-3-4-9(7)12-6/h6-9,11H,2-5,10H2,1H3. The van der Waals surface area contributed by atoms with Crippen molar-refractivity contribution in [2.45, 2.75) is 50.9 Å².